The number of para-hydroxylation sites is 7. The molecule has 0 saturated carbocycles. The van der Waals surface area contributed by atoms with Crippen LogP contribution < -0.4 is 4.74 Å². The zero-order valence-electron chi connectivity index (χ0n) is 50.6. The maximum Gasteiger partial charge on any atom is 0.188 e. The highest BCUT2D eigenvalue weighted by Crippen LogP contribution is 2.63. The highest BCUT2D eigenvalue weighted by Gasteiger charge is 2.54. The van der Waals surface area contributed by atoms with Crippen LogP contribution in [-0.2, 0) is 5.41 Å². The molecule has 0 saturated heterocycles. The van der Waals surface area contributed by atoms with E-state index in [1.54, 1.807) is 0 Å². The predicted octanol–water partition coefficient (Wildman–Crippen LogP) is 21.5. The Hall–Kier alpha value is -13.3. The molecule has 1 spiro atoms. The van der Waals surface area contributed by atoms with E-state index < -0.39 is 5.41 Å². The van der Waals surface area contributed by atoms with Crippen LogP contribution in [0, 0.1) is 13.1 Å². The summed E-state index contributed by atoms with van der Waals surface area (Å²) in [5.74, 6) is 1.40. The van der Waals surface area contributed by atoms with Crippen molar-refractivity contribution in [3.05, 3.63) is 330 Å². The highest BCUT2D eigenvalue weighted by atomic mass is 16.5. The van der Waals surface area contributed by atoms with E-state index in [2.05, 4.69) is 269 Å². The molecule has 0 N–H and O–H groups in total. The van der Waals surface area contributed by atoms with Gasteiger partial charge < -0.3 is 27.6 Å². The molecular weight excluding hydrogens is 1160 g/mol. The van der Waals surface area contributed by atoms with E-state index in [4.69, 9.17) is 27.8 Å². The lowest BCUT2D eigenvalue weighted by atomic mass is 9.66. The average Bonchev–Trinajstić information content (AvgIpc) is 1.42. The summed E-state index contributed by atoms with van der Waals surface area (Å²) in [6, 6.07) is 97.4. The Morgan fingerprint density at radius 3 is 0.895 bits per heavy atom. The minimum Gasteiger partial charge on any atom is -0.457 e. The Morgan fingerprint density at radius 2 is 0.537 bits per heavy atom. The van der Waals surface area contributed by atoms with Crippen LogP contribution in [0.25, 0.3) is 159 Å². The summed E-state index contributed by atoms with van der Waals surface area (Å²) in [4.78, 5) is 19.1. The van der Waals surface area contributed by atoms with Gasteiger partial charge in [0.1, 0.15) is 11.5 Å². The number of hydrogen-bond donors (Lipinski definition) is 0. The summed E-state index contributed by atoms with van der Waals surface area (Å²) in [5.41, 5.74) is 20.5. The molecule has 12 aromatic carbocycles. The second-order valence-electron chi connectivity index (χ2n) is 25.0. The number of aromatic nitrogens is 7. The fourth-order valence-corrected chi connectivity index (χ4v) is 16.6. The molecular formula is C85H47N9O. The van der Waals surface area contributed by atoms with Crippen LogP contribution in [0.4, 0.5) is 11.4 Å². The van der Waals surface area contributed by atoms with Crippen LogP contribution in [0.3, 0.4) is 0 Å². The van der Waals surface area contributed by atoms with E-state index in [-0.39, 0.29) is 0 Å². The molecule has 95 heavy (non-hydrogen) atoms. The number of rotatable bonds is 5. The summed E-state index contributed by atoms with van der Waals surface area (Å²) < 4.78 is 19.3. The van der Waals surface area contributed by atoms with Gasteiger partial charge in [0.15, 0.2) is 11.4 Å². The molecule has 1 aliphatic heterocycles. The van der Waals surface area contributed by atoms with E-state index in [9.17, 15) is 0 Å². The van der Waals surface area contributed by atoms with Gasteiger partial charge in [-0.3, -0.25) is 9.97 Å². The van der Waals surface area contributed by atoms with Crippen molar-refractivity contribution in [1.29, 1.82) is 0 Å². The molecule has 0 fully saturated rings. The van der Waals surface area contributed by atoms with Gasteiger partial charge in [0.05, 0.1) is 109 Å². The maximum atomic E-state index is 8.10. The first-order valence-corrected chi connectivity index (χ1v) is 31.8. The minimum atomic E-state index is -1.17. The lowest BCUT2D eigenvalue weighted by Crippen LogP contribution is -2.33. The molecule has 0 unspecified atom stereocenters. The van der Waals surface area contributed by atoms with Gasteiger partial charge in [-0.25, -0.2) is 9.69 Å². The first-order chi connectivity index (χ1) is 47.0. The normalized spacial score (nSPS) is 13.0. The summed E-state index contributed by atoms with van der Waals surface area (Å²) in [7, 11) is 0. The third kappa shape index (κ3) is 6.83. The summed E-state index contributed by atoms with van der Waals surface area (Å²) >= 11 is 0. The topological polar surface area (TPSA) is 68.4 Å². The Kier molecular flexibility index (Phi) is 10.2. The van der Waals surface area contributed by atoms with Crippen molar-refractivity contribution in [2.75, 3.05) is 0 Å². The van der Waals surface area contributed by atoms with Gasteiger partial charge in [-0.15, -0.1) is 0 Å². The van der Waals surface area contributed by atoms with Crippen molar-refractivity contribution >= 4 is 120 Å². The fourth-order valence-electron chi connectivity index (χ4n) is 16.6. The monoisotopic (exact) mass is 1210 g/mol. The summed E-state index contributed by atoms with van der Waals surface area (Å²) in [6.07, 6.45) is 4.05. The molecule has 19 aromatic rings. The van der Waals surface area contributed by atoms with Gasteiger partial charge in [-0.05, 0) is 144 Å². The molecule has 0 atom stereocenters. The number of nitrogens with zero attached hydrogens (tertiary/aromatic N) is 9. The maximum absolute atomic E-state index is 8.10. The Morgan fingerprint density at radius 1 is 0.263 bits per heavy atom. The molecule has 10 nitrogen and oxygen atoms in total. The Labute approximate surface area is 542 Å². The molecule has 0 radical (unpaired) electrons. The van der Waals surface area contributed by atoms with Crippen molar-refractivity contribution in [3.8, 4) is 51.3 Å². The van der Waals surface area contributed by atoms with Crippen LogP contribution in [0.1, 0.15) is 22.3 Å². The van der Waals surface area contributed by atoms with Crippen LogP contribution in [-0.4, -0.2) is 32.8 Å². The van der Waals surface area contributed by atoms with Crippen molar-refractivity contribution in [3.63, 3.8) is 0 Å². The zero-order valence-corrected chi connectivity index (χ0v) is 50.6. The number of hydrogen-bond acceptors (Lipinski definition) is 3. The highest BCUT2D eigenvalue weighted by molar-refractivity contribution is 6.15. The van der Waals surface area contributed by atoms with Crippen molar-refractivity contribution in [2.24, 2.45) is 0 Å². The first-order valence-electron chi connectivity index (χ1n) is 31.8. The van der Waals surface area contributed by atoms with Gasteiger partial charge in [0.2, 0.25) is 0 Å². The molecule has 1 aliphatic carbocycles. The van der Waals surface area contributed by atoms with Gasteiger partial charge >= 0.3 is 0 Å². The van der Waals surface area contributed by atoms with Crippen molar-refractivity contribution in [2.45, 2.75) is 5.41 Å². The molecule has 8 heterocycles. The van der Waals surface area contributed by atoms with Crippen molar-refractivity contribution < 1.29 is 4.74 Å². The number of ether oxygens (including phenoxy) is 1. The minimum absolute atomic E-state index is 0.527. The van der Waals surface area contributed by atoms with E-state index in [1.165, 1.54) is 10.8 Å². The standard InChI is InChI=1S/C85H47N9O/c1-86-50-31-36-78-64(41-50)65-42-51(87-2)32-37-79(65)92(78)54-35-40-82-68(45-54)85(67-44-53(34-39-81(67)95-82)91-77-30-16-9-23-63(77)66-43-52(33-38-80(66)91)90-71-24-10-3-17-57(71)58-18-4-11-25-72(58)90)69-46-55(93-73-26-12-5-19-59(73)60-20-6-13-27-74(60)93)48-88-83(69)84-70(85)47-56(49-89-84)94-75-28-14-7-21-61(75)62-22-8-15-29-76(62)94/h3-49H. The van der Waals surface area contributed by atoms with E-state index in [1.807, 2.05) is 48.8 Å². The molecule has 2 aliphatic rings. The third-order valence-corrected chi connectivity index (χ3v) is 20.4. The van der Waals surface area contributed by atoms with Crippen LogP contribution in [0.15, 0.2) is 285 Å². The molecule has 10 heteroatoms. The van der Waals surface area contributed by atoms with E-state index in [0.29, 0.717) is 22.9 Å². The van der Waals surface area contributed by atoms with Gasteiger partial charge in [0.25, 0.3) is 0 Å². The lowest BCUT2D eigenvalue weighted by molar-refractivity contribution is 0.436. The summed E-state index contributed by atoms with van der Waals surface area (Å²) in [5, 5.41) is 11.1. The predicted molar refractivity (Wildman–Crippen MR) is 384 cm³/mol. The lowest BCUT2D eigenvalue weighted by Gasteiger charge is -2.39. The van der Waals surface area contributed by atoms with E-state index >= 15 is 0 Å². The average molecular weight is 1210 g/mol. The van der Waals surface area contributed by atoms with Gasteiger partial charge in [0, 0.05) is 82.4 Å². The number of pyridine rings is 2. The van der Waals surface area contributed by atoms with E-state index in [0.717, 1.165) is 160 Å². The fraction of sp³-hybridized carbons (Fsp3) is 0.0118. The number of benzene rings is 12. The van der Waals surface area contributed by atoms with Crippen LogP contribution in [0.2, 0.25) is 0 Å². The second kappa shape index (κ2) is 18.9. The molecule has 438 valence electrons. The Balaban J connectivity index is 0.885. The van der Waals surface area contributed by atoms with Crippen LogP contribution in [0.5, 0.6) is 11.5 Å². The van der Waals surface area contributed by atoms with Gasteiger partial charge in [-0.1, -0.05) is 140 Å². The molecule has 0 bridgehead atoms. The smallest absolute Gasteiger partial charge is 0.188 e. The third-order valence-electron chi connectivity index (χ3n) is 20.4. The SMILES string of the molecule is [C-]#[N+]c1ccc2c(c1)c1cc([N+]#[C-])ccc1n2-c1ccc2c(c1)C1(c3cc(-n4c5ccccc5c5cc(-n6c7ccccc7c7ccccc76)ccc54)ccc3O2)c2cc(-n3c4ccccc4c4ccccc43)cnc2-c2ncc(-n3c4ccccc4c4ccccc43)cc21. The zero-order chi connectivity index (χ0) is 62.4. The first kappa shape index (κ1) is 51.5. The quantitative estimate of drug-likeness (QED) is 0.161. The van der Waals surface area contributed by atoms with Gasteiger partial charge in [-0.2, -0.15) is 0 Å². The molecule has 21 rings (SSSR count). The molecule has 0 amide bonds. The Bertz CT molecular complexity index is 6360. The molecule has 7 aromatic heterocycles. The second-order valence-corrected chi connectivity index (χ2v) is 25.0. The number of fused-ring (bicyclic) bond motifs is 24. The largest absolute Gasteiger partial charge is 0.457 e. The van der Waals surface area contributed by atoms with Crippen LogP contribution >= 0.6 is 0 Å². The van der Waals surface area contributed by atoms with Crippen molar-refractivity contribution in [1.82, 2.24) is 32.8 Å². The summed E-state index contributed by atoms with van der Waals surface area (Å²) in [6.45, 7) is 16.2.